The summed E-state index contributed by atoms with van der Waals surface area (Å²) in [5.41, 5.74) is 1.68. The van der Waals surface area contributed by atoms with Crippen LogP contribution >= 0.6 is 0 Å². The van der Waals surface area contributed by atoms with Gasteiger partial charge in [-0.3, -0.25) is 4.79 Å². The van der Waals surface area contributed by atoms with Crippen LogP contribution in [0.2, 0.25) is 0 Å². The zero-order valence-corrected chi connectivity index (χ0v) is 17.0. The van der Waals surface area contributed by atoms with Crippen LogP contribution in [0, 0.1) is 5.92 Å². The summed E-state index contributed by atoms with van der Waals surface area (Å²) in [5, 5.41) is 20.1. The molecule has 2 aromatic carbocycles. The topological polar surface area (TPSA) is 112 Å². The molecule has 0 saturated heterocycles. The summed E-state index contributed by atoms with van der Waals surface area (Å²) >= 11 is 0. The van der Waals surface area contributed by atoms with Gasteiger partial charge in [-0.1, -0.05) is 6.07 Å². The molecular formula is C22H22O8. The molecule has 0 amide bonds. The van der Waals surface area contributed by atoms with E-state index >= 15 is 0 Å². The number of aromatic hydroxyl groups is 2. The minimum absolute atomic E-state index is 0.0710. The molecular weight excluding hydrogens is 392 g/mol. The number of fused-ring (bicyclic) bond motifs is 1. The Morgan fingerprint density at radius 1 is 0.867 bits per heavy atom. The van der Waals surface area contributed by atoms with Crippen LogP contribution in [0.3, 0.4) is 0 Å². The quantitative estimate of drug-likeness (QED) is 0.567. The molecule has 1 aliphatic carbocycles. The van der Waals surface area contributed by atoms with Crippen LogP contribution in [0.25, 0.3) is 6.08 Å². The Hall–Kier alpha value is -3.68. The number of esters is 2. The second-order valence-electron chi connectivity index (χ2n) is 6.65. The molecule has 30 heavy (non-hydrogen) atoms. The number of hydrogen-bond donors (Lipinski definition) is 2. The molecule has 2 atom stereocenters. The van der Waals surface area contributed by atoms with E-state index in [1.807, 2.05) is 0 Å². The smallest absolute Gasteiger partial charge is 0.334 e. The Morgan fingerprint density at radius 3 is 2.13 bits per heavy atom. The lowest BCUT2D eigenvalue weighted by atomic mass is 9.71. The summed E-state index contributed by atoms with van der Waals surface area (Å²) in [6.07, 6.45) is 1.46. The molecule has 8 heteroatoms. The fourth-order valence-electron chi connectivity index (χ4n) is 3.73. The minimum atomic E-state index is -1.04. The standard InChI is InChI=1S/C22H22O8/c1-27-17-6-5-11(9-18(17)28-2)19-13-10-16(24)15(23)8-12(13)7-14(21(25)29-3)20(19)22(26)30-4/h5-10,19-20,23-24H,1-4H3/t19-,20-/m1/s1. The summed E-state index contributed by atoms with van der Waals surface area (Å²) in [4.78, 5) is 25.3. The SMILES string of the molecule is COC(=O)C1=Cc2cc(O)c(O)cc2[C@@H](c2ccc(OC)c(OC)c2)[C@@H]1C(=O)OC. The van der Waals surface area contributed by atoms with E-state index in [1.165, 1.54) is 46.6 Å². The van der Waals surface area contributed by atoms with Gasteiger partial charge < -0.3 is 29.2 Å². The van der Waals surface area contributed by atoms with E-state index in [4.69, 9.17) is 18.9 Å². The molecule has 2 aromatic rings. The summed E-state index contributed by atoms with van der Waals surface area (Å²) < 4.78 is 20.5. The molecule has 8 nitrogen and oxygen atoms in total. The van der Waals surface area contributed by atoms with Crippen molar-refractivity contribution >= 4 is 18.0 Å². The Bertz CT molecular complexity index is 1020. The molecule has 0 saturated carbocycles. The summed E-state index contributed by atoms with van der Waals surface area (Å²) in [5.74, 6) is -2.90. The van der Waals surface area contributed by atoms with Crippen molar-refractivity contribution in [2.24, 2.45) is 5.92 Å². The number of benzene rings is 2. The molecule has 0 spiro atoms. The van der Waals surface area contributed by atoms with E-state index < -0.39 is 23.8 Å². The third-order valence-corrected chi connectivity index (χ3v) is 5.14. The lowest BCUT2D eigenvalue weighted by Gasteiger charge is -2.32. The molecule has 0 fully saturated rings. The molecule has 0 bridgehead atoms. The summed E-state index contributed by atoms with van der Waals surface area (Å²) in [6.45, 7) is 0. The predicted octanol–water partition coefficient (Wildman–Crippen LogP) is 2.61. The van der Waals surface area contributed by atoms with Gasteiger partial charge in [-0.2, -0.15) is 0 Å². The normalized spacial score (nSPS) is 17.4. The van der Waals surface area contributed by atoms with Crippen molar-refractivity contribution < 1.29 is 38.7 Å². The number of rotatable bonds is 5. The second kappa shape index (κ2) is 8.36. The molecule has 0 aliphatic heterocycles. The monoisotopic (exact) mass is 414 g/mol. The van der Waals surface area contributed by atoms with Crippen molar-refractivity contribution in [3.8, 4) is 23.0 Å². The highest BCUT2D eigenvalue weighted by Crippen LogP contribution is 2.47. The molecule has 2 N–H and O–H groups in total. The van der Waals surface area contributed by atoms with E-state index in [0.29, 0.717) is 28.2 Å². The van der Waals surface area contributed by atoms with Gasteiger partial charge >= 0.3 is 11.9 Å². The van der Waals surface area contributed by atoms with E-state index in [-0.39, 0.29) is 17.1 Å². The third kappa shape index (κ3) is 3.52. The van der Waals surface area contributed by atoms with Crippen LogP contribution in [0.1, 0.15) is 22.6 Å². The Kier molecular flexibility index (Phi) is 5.86. The predicted molar refractivity (Wildman–Crippen MR) is 107 cm³/mol. The first-order valence-electron chi connectivity index (χ1n) is 9.01. The highest BCUT2D eigenvalue weighted by molar-refractivity contribution is 6.02. The zero-order valence-electron chi connectivity index (χ0n) is 17.0. The number of hydrogen-bond acceptors (Lipinski definition) is 8. The molecule has 3 rings (SSSR count). The average molecular weight is 414 g/mol. The van der Waals surface area contributed by atoms with Gasteiger partial charge in [-0.05, 0) is 47.0 Å². The van der Waals surface area contributed by atoms with Crippen LogP contribution in [0.5, 0.6) is 23.0 Å². The number of carbonyl (C=O) groups is 2. The maximum Gasteiger partial charge on any atom is 0.334 e. The largest absolute Gasteiger partial charge is 0.504 e. The molecule has 0 radical (unpaired) electrons. The highest BCUT2D eigenvalue weighted by atomic mass is 16.5. The van der Waals surface area contributed by atoms with Gasteiger partial charge in [0, 0.05) is 5.92 Å². The first-order chi connectivity index (χ1) is 14.4. The van der Waals surface area contributed by atoms with E-state index in [9.17, 15) is 19.8 Å². The average Bonchev–Trinajstić information content (AvgIpc) is 2.77. The number of phenols is 2. The lowest BCUT2D eigenvalue weighted by molar-refractivity contribution is -0.147. The fourth-order valence-corrected chi connectivity index (χ4v) is 3.73. The number of methoxy groups -OCH3 is 4. The molecule has 158 valence electrons. The second-order valence-corrected chi connectivity index (χ2v) is 6.65. The number of phenolic OH excluding ortho intramolecular Hbond substituents is 2. The van der Waals surface area contributed by atoms with Crippen LogP contribution in [0.15, 0.2) is 35.9 Å². The van der Waals surface area contributed by atoms with Crippen LogP contribution < -0.4 is 9.47 Å². The Morgan fingerprint density at radius 2 is 1.53 bits per heavy atom. The molecule has 1 aliphatic rings. The van der Waals surface area contributed by atoms with Crippen LogP contribution in [-0.2, 0) is 19.1 Å². The maximum atomic E-state index is 12.8. The summed E-state index contributed by atoms with van der Waals surface area (Å²) in [7, 11) is 5.43. The van der Waals surface area contributed by atoms with Crippen LogP contribution in [-0.4, -0.2) is 50.6 Å². The Balaban J connectivity index is 2.32. The van der Waals surface area contributed by atoms with E-state index in [1.54, 1.807) is 18.2 Å². The molecule has 0 aromatic heterocycles. The van der Waals surface area contributed by atoms with Gasteiger partial charge in [-0.15, -0.1) is 0 Å². The zero-order chi connectivity index (χ0) is 22.0. The highest BCUT2D eigenvalue weighted by Gasteiger charge is 2.42. The van der Waals surface area contributed by atoms with Gasteiger partial charge in [0.15, 0.2) is 23.0 Å². The van der Waals surface area contributed by atoms with Crippen molar-refractivity contribution in [3.05, 3.63) is 52.6 Å². The maximum absolute atomic E-state index is 12.8. The van der Waals surface area contributed by atoms with E-state index in [2.05, 4.69) is 0 Å². The Labute approximate surface area is 173 Å². The summed E-state index contributed by atoms with van der Waals surface area (Å²) in [6, 6.07) is 7.79. The number of ether oxygens (including phenoxy) is 4. The van der Waals surface area contributed by atoms with Gasteiger partial charge in [0.1, 0.15) is 0 Å². The number of carbonyl (C=O) groups excluding carboxylic acids is 2. The minimum Gasteiger partial charge on any atom is -0.504 e. The lowest BCUT2D eigenvalue weighted by Crippen LogP contribution is -2.32. The fraction of sp³-hybridized carbons (Fsp3) is 0.273. The first kappa shape index (κ1) is 21.0. The van der Waals surface area contributed by atoms with Crippen molar-refractivity contribution in [3.63, 3.8) is 0 Å². The van der Waals surface area contributed by atoms with Crippen molar-refractivity contribution in [1.82, 2.24) is 0 Å². The van der Waals surface area contributed by atoms with E-state index in [0.717, 1.165) is 0 Å². The van der Waals surface area contributed by atoms with Crippen molar-refractivity contribution in [2.75, 3.05) is 28.4 Å². The van der Waals surface area contributed by atoms with Crippen molar-refractivity contribution in [1.29, 1.82) is 0 Å². The van der Waals surface area contributed by atoms with Gasteiger partial charge in [0.25, 0.3) is 0 Å². The molecule has 0 unspecified atom stereocenters. The molecule has 0 heterocycles. The third-order valence-electron chi connectivity index (χ3n) is 5.14. The van der Waals surface area contributed by atoms with Gasteiger partial charge in [0.05, 0.1) is 39.9 Å². The first-order valence-corrected chi connectivity index (χ1v) is 9.01. The van der Waals surface area contributed by atoms with Gasteiger partial charge in [-0.25, -0.2) is 4.79 Å². The van der Waals surface area contributed by atoms with Gasteiger partial charge in [0.2, 0.25) is 0 Å². The van der Waals surface area contributed by atoms with Crippen LogP contribution in [0.4, 0.5) is 0 Å². The van der Waals surface area contributed by atoms with Crippen molar-refractivity contribution in [2.45, 2.75) is 5.92 Å².